The zero-order valence-electron chi connectivity index (χ0n) is 18.9. The molecule has 0 saturated heterocycles. The molecule has 0 aliphatic rings. The summed E-state index contributed by atoms with van der Waals surface area (Å²) in [7, 11) is 0. The Bertz CT molecular complexity index is 1670. The zero-order valence-corrected chi connectivity index (χ0v) is 19.7. The summed E-state index contributed by atoms with van der Waals surface area (Å²) in [6.45, 7) is -0.779. The maximum absolute atomic E-state index is 13.6. The third-order valence-electron chi connectivity index (χ3n) is 5.63. The Balaban J connectivity index is 1.59. The van der Waals surface area contributed by atoms with Crippen LogP contribution in [0.3, 0.4) is 0 Å². The lowest BCUT2D eigenvalue weighted by atomic mass is 10.1. The molecule has 2 N–H and O–H groups in total. The number of fused-ring (bicyclic) bond motifs is 2. The lowest BCUT2D eigenvalue weighted by Crippen LogP contribution is -2.19. The number of alkyl halides is 6. The number of thiazole rings is 1. The molecule has 7 nitrogen and oxygen atoms in total. The SMILES string of the molecule is O=C(Nc1cnc2sc(CO)nc2c1)c1cc2cc(C(F)(F)F)cnc2n1Cc1ccccc1C(F)(F)F. The van der Waals surface area contributed by atoms with Crippen molar-refractivity contribution in [2.75, 3.05) is 5.32 Å². The first-order chi connectivity index (χ1) is 17.9. The lowest BCUT2D eigenvalue weighted by molar-refractivity contribution is -0.138. The van der Waals surface area contributed by atoms with E-state index >= 15 is 0 Å². The van der Waals surface area contributed by atoms with Crippen molar-refractivity contribution in [1.82, 2.24) is 19.5 Å². The summed E-state index contributed by atoms with van der Waals surface area (Å²) >= 11 is 1.15. The molecule has 0 bridgehead atoms. The van der Waals surface area contributed by atoms with Gasteiger partial charge in [0, 0.05) is 11.6 Å². The number of aliphatic hydroxyl groups excluding tert-OH is 1. The molecule has 4 heterocycles. The molecule has 1 aromatic carbocycles. The Morgan fingerprint density at radius 3 is 2.47 bits per heavy atom. The molecule has 0 saturated carbocycles. The number of anilines is 1. The molecule has 0 spiro atoms. The highest BCUT2D eigenvalue weighted by atomic mass is 32.1. The second-order valence-corrected chi connectivity index (χ2v) is 9.24. The van der Waals surface area contributed by atoms with Crippen LogP contribution >= 0.6 is 11.3 Å². The summed E-state index contributed by atoms with van der Waals surface area (Å²) in [6, 6.07) is 8.12. The topological polar surface area (TPSA) is 92.9 Å². The summed E-state index contributed by atoms with van der Waals surface area (Å²) in [5.74, 6) is -0.806. The number of rotatable bonds is 5. The zero-order chi connectivity index (χ0) is 27.2. The summed E-state index contributed by atoms with van der Waals surface area (Å²) in [6.07, 6.45) is -7.52. The second kappa shape index (κ2) is 9.36. The molecule has 196 valence electrons. The number of carbonyl (C=O) groups is 1. The average Bonchev–Trinajstić information content (AvgIpc) is 3.44. The molecular weight excluding hydrogens is 536 g/mol. The van der Waals surface area contributed by atoms with Gasteiger partial charge in [0.05, 0.1) is 36.2 Å². The maximum atomic E-state index is 13.6. The fourth-order valence-corrected chi connectivity index (χ4v) is 4.70. The van der Waals surface area contributed by atoms with Crippen molar-refractivity contribution in [3.05, 3.63) is 82.3 Å². The van der Waals surface area contributed by atoms with Gasteiger partial charge in [0.2, 0.25) is 0 Å². The quantitative estimate of drug-likeness (QED) is 0.267. The van der Waals surface area contributed by atoms with E-state index in [9.17, 15) is 36.2 Å². The minimum Gasteiger partial charge on any atom is -0.389 e. The highest BCUT2D eigenvalue weighted by molar-refractivity contribution is 7.18. The minimum absolute atomic E-state index is 0.0740. The van der Waals surface area contributed by atoms with Crippen molar-refractivity contribution in [1.29, 1.82) is 0 Å². The van der Waals surface area contributed by atoms with E-state index in [1.165, 1.54) is 30.5 Å². The van der Waals surface area contributed by atoms with Crippen LogP contribution in [-0.2, 0) is 25.5 Å². The van der Waals surface area contributed by atoms with E-state index in [1.807, 2.05) is 0 Å². The van der Waals surface area contributed by atoms with E-state index < -0.39 is 35.9 Å². The number of amides is 1. The number of aromatic nitrogens is 4. The maximum Gasteiger partial charge on any atom is 0.417 e. The van der Waals surface area contributed by atoms with Crippen molar-refractivity contribution in [3.63, 3.8) is 0 Å². The number of hydrogen-bond acceptors (Lipinski definition) is 6. The largest absolute Gasteiger partial charge is 0.417 e. The van der Waals surface area contributed by atoms with Gasteiger partial charge in [-0.15, -0.1) is 0 Å². The standard InChI is InChI=1S/C24H15F6N5O2S/c25-23(26,27)14-5-13-6-18(21(37)33-15-7-17-22(32-9-15)38-19(11-36)34-17)35(20(13)31-8-14)10-12-3-1-2-4-16(12)24(28,29)30/h1-9,36H,10-11H2,(H,33,37). The van der Waals surface area contributed by atoms with Crippen LogP contribution in [0, 0.1) is 0 Å². The van der Waals surface area contributed by atoms with Crippen LogP contribution in [0.4, 0.5) is 32.0 Å². The number of pyridine rings is 2. The van der Waals surface area contributed by atoms with Crippen molar-refractivity contribution in [2.45, 2.75) is 25.5 Å². The molecule has 0 fully saturated rings. The van der Waals surface area contributed by atoms with E-state index in [4.69, 9.17) is 0 Å². The van der Waals surface area contributed by atoms with Crippen LogP contribution in [-0.4, -0.2) is 30.5 Å². The molecule has 5 aromatic rings. The van der Waals surface area contributed by atoms with E-state index in [-0.39, 0.29) is 34.6 Å². The van der Waals surface area contributed by atoms with Crippen LogP contribution in [0.25, 0.3) is 21.4 Å². The summed E-state index contributed by atoms with van der Waals surface area (Å²) in [5, 5.41) is 12.2. The third kappa shape index (κ3) is 4.91. The Morgan fingerprint density at radius 1 is 1.00 bits per heavy atom. The van der Waals surface area contributed by atoms with Gasteiger partial charge in [-0.2, -0.15) is 26.3 Å². The fraction of sp³-hybridized carbons (Fsp3) is 0.167. The Kier molecular flexibility index (Phi) is 6.31. The van der Waals surface area contributed by atoms with Crippen molar-refractivity contribution in [3.8, 4) is 0 Å². The number of nitrogens with zero attached hydrogens (tertiary/aromatic N) is 4. The molecular formula is C24H15F6N5O2S. The van der Waals surface area contributed by atoms with E-state index in [1.54, 1.807) is 0 Å². The molecule has 0 unspecified atom stereocenters. The molecule has 0 aliphatic carbocycles. The third-order valence-corrected chi connectivity index (χ3v) is 6.59. The lowest BCUT2D eigenvalue weighted by Gasteiger charge is -2.16. The van der Waals surface area contributed by atoms with Crippen LogP contribution < -0.4 is 5.32 Å². The molecule has 0 aliphatic heterocycles. The van der Waals surface area contributed by atoms with Gasteiger partial charge in [-0.25, -0.2) is 15.0 Å². The molecule has 0 radical (unpaired) electrons. The highest BCUT2D eigenvalue weighted by Gasteiger charge is 2.34. The minimum atomic E-state index is -4.71. The van der Waals surface area contributed by atoms with Gasteiger partial charge in [-0.3, -0.25) is 4.79 Å². The van der Waals surface area contributed by atoms with E-state index in [0.717, 1.165) is 34.1 Å². The fourth-order valence-electron chi connectivity index (χ4n) is 3.95. The number of benzene rings is 1. The van der Waals surface area contributed by atoms with Gasteiger partial charge in [0.15, 0.2) is 0 Å². The van der Waals surface area contributed by atoms with Crippen LogP contribution in [0.1, 0.15) is 32.2 Å². The van der Waals surface area contributed by atoms with Crippen molar-refractivity contribution < 1.29 is 36.2 Å². The Hall–Kier alpha value is -4.04. The molecule has 0 atom stereocenters. The highest BCUT2D eigenvalue weighted by Crippen LogP contribution is 2.35. The monoisotopic (exact) mass is 551 g/mol. The van der Waals surface area contributed by atoms with E-state index in [0.29, 0.717) is 21.6 Å². The number of carbonyl (C=O) groups excluding carboxylic acids is 1. The van der Waals surface area contributed by atoms with Crippen molar-refractivity contribution in [2.24, 2.45) is 0 Å². The number of halogens is 6. The van der Waals surface area contributed by atoms with Crippen molar-refractivity contribution >= 4 is 44.3 Å². The van der Waals surface area contributed by atoms with Crippen LogP contribution in [0.5, 0.6) is 0 Å². The second-order valence-electron chi connectivity index (χ2n) is 8.17. The molecule has 38 heavy (non-hydrogen) atoms. The van der Waals surface area contributed by atoms with Gasteiger partial charge >= 0.3 is 12.4 Å². The first-order valence-electron chi connectivity index (χ1n) is 10.8. The van der Waals surface area contributed by atoms with Gasteiger partial charge < -0.3 is 15.0 Å². The van der Waals surface area contributed by atoms with Crippen LogP contribution in [0.2, 0.25) is 0 Å². The summed E-state index contributed by atoms with van der Waals surface area (Å²) in [4.78, 5) is 25.9. The number of nitrogens with one attached hydrogen (secondary N) is 1. The first-order valence-corrected chi connectivity index (χ1v) is 11.6. The number of hydrogen-bond donors (Lipinski definition) is 2. The average molecular weight is 551 g/mol. The predicted molar refractivity (Wildman–Crippen MR) is 127 cm³/mol. The number of aliphatic hydroxyl groups is 1. The Morgan fingerprint density at radius 2 is 1.76 bits per heavy atom. The molecule has 1 amide bonds. The van der Waals surface area contributed by atoms with Gasteiger partial charge in [-0.05, 0) is 29.8 Å². The van der Waals surface area contributed by atoms with Gasteiger partial charge in [0.25, 0.3) is 5.91 Å². The van der Waals surface area contributed by atoms with Crippen LogP contribution in [0.15, 0.2) is 54.9 Å². The first kappa shape index (κ1) is 25.6. The predicted octanol–water partition coefficient (Wildman–Crippen LogP) is 5.87. The summed E-state index contributed by atoms with van der Waals surface area (Å²) in [5.41, 5.74) is -1.93. The Labute approximate surface area is 213 Å². The normalized spacial score (nSPS) is 12.4. The smallest absolute Gasteiger partial charge is 0.389 e. The molecule has 4 aromatic heterocycles. The van der Waals surface area contributed by atoms with Gasteiger partial charge in [0.1, 0.15) is 26.7 Å². The van der Waals surface area contributed by atoms with E-state index in [2.05, 4.69) is 20.3 Å². The molecule has 5 rings (SSSR count). The molecule has 14 heteroatoms. The van der Waals surface area contributed by atoms with Gasteiger partial charge in [-0.1, -0.05) is 29.5 Å². The summed E-state index contributed by atoms with van der Waals surface area (Å²) < 4.78 is 81.8.